The Morgan fingerprint density at radius 2 is 2.20 bits per heavy atom. The van der Waals surface area contributed by atoms with Crippen LogP contribution in [0.5, 0.6) is 0 Å². The molecule has 1 saturated heterocycles. The third-order valence-corrected chi connectivity index (χ3v) is 4.80. The minimum absolute atomic E-state index is 0.0354. The van der Waals surface area contributed by atoms with Crippen LogP contribution in [0.25, 0.3) is 0 Å². The highest BCUT2D eigenvalue weighted by Crippen LogP contribution is 2.32. The van der Waals surface area contributed by atoms with Crippen molar-refractivity contribution in [3.05, 3.63) is 24.2 Å². The summed E-state index contributed by atoms with van der Waals surface area (Å²) in [5.74, 6) is 1.71. The summed E-state index contributed by atoms with van der Waals surface area (Å²) in [5, 5.41) is 6.62. The van der Waals surface area contributed by atoms with Crippen molar-refractivity contribution >= 4 is 5.91 Å². The fraction of sp³-hybridized carbons (Fsp3) is 0.688. The number of carbonyl (C=O) groups excluding carboxylic acids is 1. The van der Waals surface area contributed by atoms with Crippen molar-refractivity contribution in [2.45, 2.75) is 63.6 Å². The van der Waals surface area contributed by atoms with E-state index in [9.17, 15) is 4.79 Å². The van der Waals surface area contributed by atoms with E-state index in [2.05, 4.69) is 10.6 Å². The monoisotopic (exact) mass is 276 g/mol. The predicted molar refractivity (Wildman–Crippen MR) is 77.2 cm³/mol. The van der Waals surface area contributed by atoms with Gasteiger partial charge in [-0.05, 0) is 50.7 Å². The highest BCUT2D eigenvalue weighted by Gasteiger charge is 2.34. The molecule has 1 amide bonds. The minimum atomic E-state index is -0.0663. The lowest BCUT2D eigenvalue weighted by molar-refractivity contribution is -0.125. The van der Waals surface area contributed by atoms with Gasteiger partial charge in [0.25, 0.3) is 0 Å². The zero-order chi connectivity index (χ0) is 13.9. The van der Waals surface area contributed by atoms with E-state index in [0.717, 1.165) is 18.1 Å². The molecule has 2 N–H and O–H groups in total. The molecule has 1 saturated carbocycles. The first kappa shape index (κ1) is 13.7. The van der Waals surface area contributed by atoms with Crippen molar-refractivity contribution in [2.24, 2.45) is 5.92 Å². The van der Waals surface area contributed by atoms with E-state index in [1.54, 1.807) is 6.26 Å². The van der Waals surface area contributed by atoms with Crippen LogP contribution in [0.4, 0.5) is 0 Å². The number of hydrogen-bond acceptors (Lipinski definition) is 3. The second-order valence-electron chi connectivity index (χ2n) is 6.19. The molecule has 3 rings (SSSR count). The van der Waals surface area contributed by atoms with Gasteiger partial charge in [0, 0.05) is 6.04 Å². The van der Waals surface area contributed by atoms with Gasteiger partial charge in [0.2, 0.25) is 5.91 Å². The number of nitrogens with one attached hydrogen (secondary N) is 2. The van der Waals surface area contributed by atoms with Crippen LogP contribution in [0.15, 0.2) is 22.8 Å². The van der Waals surface area contributed by atoms with Gasteiger partial charge < -0.3 is 15.1 Å². The van der Waals surface area contributed by atoms with Gasteiger partial charge in [-0.2, -0.15) is 0 Å². The fourth-order valence-electron chi connectivity index (χ4n) is 3.62. The van der Waals surface area contributed by atoms with Crippen LogP contribution in [0.3, 0.4) is 0 Å². The molecular weight excluding hydrogens is 252 g/mol. The molecule has 2 fully saturated rings. The van der Waals surface area contributed by atoms with Gasteiger partial charge in [-0.15, -0.1) is 0 Å². The van der Waals surface area contributed by atoms with Crippen molar-refractivity contribution in [3.63, 3.8) is 0 Å². The molecule has 0 bridgehead atoms. The Bertz CT molecular complexity index is 443. The van der Waals surface area contributed by atoms with Crippen molar-refractivity contribution in [1.82, 2.24) is 10.6 Å². The molecule has 2 heterocycles. The molecule has 1 aromatic rings. The van der Waals surface area contributed by atoms with E-state index < -0.39 is 0 Å². The van der Waals surface area contributed by atoms with Crippen molar-refractivity contribution < 1.29 is 9.21 Å². The molecule has 1 aliphatic carbocycles. The summed E-state index contributed by atoms with van der Waals surface area (Å²) in [6, 6.07) is 4.20. The van der Waals surface area contributed by atoms with Gasteiger partial charge in [-0.1, -0.05) is 12.8 Å². The fourth-order valence-corrected chi connectivity index (χ4v) is 3.62. The first-order valence-corrected chi connectivity index (χ1v) is 7.84. The van der Waals surface area contributed by atoms with E-state index in [1.807, 2.05) is 19.1 Å². The normalized spacial score (nSPS) is 31.4. The average Bonchev–Trinajstić information content (AvgIpc) is 3.01. The third kappa shape index (κ3) is 2.90. The second kappa shape index (κ2) is 6.00. The predicted octanol–water partition coefficient (Wildman–Crippen LogP) is 2.77. The Hall–Kier alpha value is -1.29. The Labute approximate surface area is 120 Å². The maximum atomic E-state index is 12.4. The number of rotatable bonds is 3. The summed E-state index contributed by atoms with van der Waals surface area (Å²) in [6.07, 6.45) is 8.99. The van der Waals surface area contributed by atoms with Gasteiger partial charge in [-0.25, -0.2) is 0 Å². The molecule has 2 aliphatic rings. The summed E-state index contributed by atoms with van der Waals surface area (Å²) in [5.41, 5.74) is 0. The van der Waals surface area contributed by atoms with Crippen LogP contribution in [-0.2, 0) is 4.79 Å². The summed E-state index contributed by atoms with van der Waals surface area (Å²) < 4.78 is 5.33. The molecule has 110 valence electrons. The number of carbonyl (C=O) groups is 1. The SMILES string of the molecule is CC(NC(=O)C1CCC2CCCCC2N1)c1ccco1. The molecular formula is C16H24N2O2. The van der Waals surface area contributed by atoms with Crippen molar-refractivity contribution in [2.75, 3.05) is 0 Å². The maximum absolute atomic E-state index is 12.4. The molecule has 4 unspecified atom stereocenters. The summed E-state index contributed by atoms with van der Waals surface area (Å²) in [6.45, 7) is 1.96. The van der Waals surface area contributed by atoms with Crippen LogP contribution in [0, 0.1) is 5.92 Å². The van der Waals surface area contributed by atoms with Crippen LogP contribution in [0.1, 0.15) is 57.3 Å². The first-order valence-electron chi connectivity index (χ1n) is 7.84. The molecule has 4 atom stereocenters. The Kier molecular flexibility index (Phi) is 4.10. The lowest BCUT2D eigenvalue weighted by atomic mass is 9.77. The number of hydrogen-bond donors (Lipinski definition) is 2. The van der Waals surface area contributed by atoms with Gasteiger partial charge >= 0.3 is 0 Å². The Balaban J connectivity index is 1.55. The second-order valence-corrected chi connectivity index (χ2v) is 6.19. The van der Waals surface area contributed by atoms with Crippen LogP contribution >= 0.6 is 0 Å². The lowest BCUT2D eigenvalue weighted by Crippen LogP contribution is -2.55. The molecule has 0 spiro atoms. The topological polar surface area (TPSA) is 54.3 Å². The molecule has 1 aliphatic heterocycles. The molecule has 0 radical (unpaired) electrons. The zero-order valence-corrected chi connectivity index (χ0v) is 12.1. The number of furan rings is 1. The molecule has 20 heavy (non-hydrogen) atoms. The van der Waals surface area contributed by atoms with E-state index in [0.29, 0.717) is 6.04 Å². The lowest BCUT2D eigenvalue weighted by Gasteiger charge is -2.40. The average molecular weight is 276 g/mol. The summed E-state index contributed by atoms with van der Waals surface area (Å²) in [4.78, 5) is 12.4. The van der Waals surface area contributed by atoms with E-state index in [-0.39, 0.29) is 18.0 Å². The number of piperidine rings is 1. The molecule has 1 aromatic heterocycles. The molecule has 0 aromatic carbocycles. The Morgan fingerprint density at radius 3 is 3.00 bits per heavy atom. The maximum Gasteiger partial charge on any atom is 0.237 e. The minimum Gasteiger partial charge on any atom is -0.467 e. The third-order valence-electron chi connectivity index (χ3n) is 4.80. The van der Waals surface area contributed by atoms with E-state index >= 15 is 0 Å². The van der Waals surface area contributed by atoms with Crippen LogP contribution in [-0.4, -0.2) is 18.0 Å². The first-order chi connectivity index (χ1) is 9.74. The van der Waals surface area contributed by atoms with Crippen LogP contribution < -0.4 is 10.6 Å². The zero-order valence-electron chi connectivity index (χ0n) is 12.1. The highest BCUT2D eigenvalue weighted by molar-refractivity contribution is 5.82. The van der Waals surface area contributed by atoms with Gasteiger partial charge in [0.1, 0.15) is 5.76 Å². The molecule has 4 nitrogen and oxygen atoms in total. The summed E-state index contributed by atoms with van der Waals surface area (Å²) in [7, 11) is 0. The van der Waals surface area contributed by atoms with Crippen molar-refractivity contribution in [3.8, 4) is 0 Å². The smallest absolute Gasteiger partial charge is 0.237 e. The molecule has 4 heteroatoms. The number of fused-ring (bicyclic) bond motifs is 1. The van der Waals surface area contributed by atoms with E-state index in [4.69, 9.17) is 4.42 Å². The highest BCUT2D eigenvalue weighted by atomic mass is 16.3. The van der Waals surface area contributed by atoms with Crippen LogP contribution in [0.2, 0.25) is 0 Å². The van der Waals surface area contributed by atoms with Gasteiger partial charge in [0.15, 0.2) is 0 Å². The van der Waals surface area contributed by atoms with Gasteiger partial charge in [0.05, 0.1) is 18.3 Å². The Morgan fingerprint density at radius 1 is 1.35 bits per heavy atom. The van der Waals surface area contributed by atoms with E-state index in [1.165, 1.54) is 32.1 Å². The summed E-state index contributed by atoms with van der Waals surface area (Å²) >= 11 is 0. The largest absolute Gasteiger partial charge is 0.467 e. The standard InChI is InChI=1S/C16H24N2O2/c1-11(15-7-4-10-20-15)17-16(19)14-9-8-12-5-2-3-6-13(12)18-14/h4,7,10-14,18H,2-3,5-6,8-9H2,1H3,(H,17,19). The number of amides is 1. The quantitative estimate of drug-likeness (QED) is 0.892. The van der Waals surface area contributed by atoms with Gasteiger partial charge in [-0.3, -0.25) is 4.79 Å². The van der Waals surface area contributed by atoms with Crippen molar-refractivity contribution in [1.29, 1.82) is 0 Å².